The predicted octanol–water partition coefficient (Wildman–Crippen LogP) is 4.11. The molecular formula is C13H20. The topological polar surface area (TPSA) is 0 Å². The molecule has 0 aromatic carbocycles. The van der Waals surface area contributed by atoms with E-state index in [1.54, 1.807) is 0 Å². The average Bonchev–Trinajstić information content (AvgIpc) is 2.08. The van der Waals surface area contributed by atoms with Crippen molar-refractivity contribution in [3.8, 4) is 0 Å². The molecule has 13 heavy (non-hydrogen) atoms. The van der Waals surface area contributed by atoms with Crippen LogP contribution in [0.3, 0.4) is 0 Å². The fraction of sp³-hybridized carbons (Fsp3) is 0.538. The molecule has 1 aliphatic carbocycles. The third kappa shape index (κ3) is 1.50. The van der Waals surface area contributed by atoms with Crippen molar-refractivity contribution in [1.29, 1.82) is 0 Å². The monoisotopic (exact) mass is 176 g/mol. The summed E-state index contributed by atoms with van der Waals surface area (Å²) >= 11 is 0. The summed E-state index contributed by atoms with van der Waals surface area (Å²) in [7, 11) is 0. The normalized spacial score (nSPS) is 33.8. The molecule has 0 heteroatoms. The van der Waals surface area contributed by atoms with Gasteiger partial charge in [-0.2, -0.15) is 0 Å². The molecule has 0 saturated heterocycles. The smallest absolute Gasteiger partial charge is 0.0123 e. The van der Waals surface area contributed by atoms with Crippen molar-refractivity contribution < 1.29 is 0 Å². The van der Waals surface area contributed by atoms with E-state index in [0.29, 0.717) is 5.92 Å². The number of allylic oxidation sites excluding steroid dienone is 5. The van der Waals surface area contributed by atoms with Crippen LogP contribution in [0, 0.1) is 11.3 Å². The number of hydrogen-bond donors (Lipinski definition) is 0. The van der Waals surface area contributed by atoms with Crippen LogP contribution in [0.4, 0.5) is 0 Å². The minimum Gasteiger partial charge on any atom is -0.0993 e. The Bertz CT molecular complexity index is 291. The van der Waals surface area contributed by atoms with Crippen LogP contribution in [-0.2, 0) is 0 Å². The Labute approximate surface area is 82.0 Å². The molecule has 0 aromatic rings. The van der Waals surface area contributed by atoms with Gasteiger partial charge in [0.2, 0.25) is 0 Å². The summed E-state index contributed by atoms with van der Waals surface area (Å²) in [6, 6.07) is 0. The van der Waals surface area contributed by atoms with E-state index in [9.17, 15) is 0 Å². The van der Waals surface area contributed by atoms with Crippen molar-refractivity contribution >= 4 is 0 Å². The van der Waals surface area contributed by atoms with Crippen LogP contribution >= 0.6 is 0 Å². The second kappa shape index (κ2) is 3.17. The van der Waals surface area contributed by atoms with E-state index in [1.807, 2.05) is 0 Å². The molecule has 0 aliphatic heterocycles. The van der Waals surface area contributed by atoms with Crippen LogP contribution in [0.2, 0.25) is 0 Å². The molecule has 0 nitrogen and oxygen atoms in total. The molecule has 0 aromatic heterocycles. The summed E-state index contributed by atoms with van der Waals surface area (Å²) in [5.41, 5.74) is 4.31. The van der Waals surface area contributed by atoms with Gasteiger partial charge in [0.05, 0.1) is 0 Å². The molecule has 0 heterocycles. The summed E-state index contributed by atoms with van der Waals surface area (Å²) < 4.78 is 0. The second-order valence-corrected chi connectivity index (χ2v) is 4.48. The van der Waals surface area contributed by atoms with E-state index < -0.39 is 0 Å². The SMILES string of the molecule is C=C(C)C1(C)C=CC(C)=C(C)C1C. The first-order chi connectivity index (χ1) is 5.89. The van der Waals surface area contributed by atoms with Gasteiger partial charge < -0.3 is 0 Å². The molecule has 0 N–H and O–H groups in total. The van der Waals surface area contributed by atoms with Crippen LogP contribution in [0.15, 0.2) is 35.5 Å². The van der Waals surface area contributed by atoms with Gasteiger partial charge in [-0.05, 0) is 26.7 Å². The zero-order valence-electron chi connectivity index (χ0n) is 9.44. The van der Waals surface area contributed by atoms with E-state index in [-0.39, 0.29) is 5.41 Å². The highest BCUT2D eigenvalue weighted by Gasteiger charge is 2.32. The van der Waals surface area contributed by atoms with Crippen LogP contribution < -0.4 is 0 Å². The fourth-order valence-corrected chi connectivity index (χ4v) is 1.88. The molecule has 0 fully saturated rings. The van der Waals surface area contributed by atoms with Crippen molar-refractivity contribution in [2.45, 2.75) is 34.6 Å². The first kappa shape index (κ1) is 10.3. The Morgan fingerprint density at radius 2 is 2.00 bits per heavy atom. The van der Waals surface area contributed by atoms with Gasteiger partial charge in [0.25, 0.3) is 0 Å². The van der Waals surface area contributed by atoms with Crippen molar-refractivity contribution in [3.05, 3.63) is 35.5 Å². The van der Waals surface area contributed by atoms with Crippen molar-refractivity contribution in [2.24, 2.45) is 11.3 Å². The minimum atomic E-state index is 0.156. The van der Waals surface area contributed by atoms with E-state index in [2.05, 4.69) is 53.3 Å². The first-order valence-electron chi connectivity index (χ1n) is 4.92. The van der Waals surface area contributed by atoms with Gasteiger partial charge in [0.15, 0.2) is 0 Å². The Morgan fingerprint density at radius 3 is 2.46 bits per heavy atom. The molecular weight excluding hydrogens is 156 g/mol. The zero-order chi connectivity index (χ0) is 10.2. The van der Waals surface area contributed by atoms with Gasteiger partial charge in [-0.1, -0.05) is 49.3 Å². The molecule has 72 valence electrons. The molecule has 1 aliphatic rings. The van der Waals surface area contributed by atoms with Gasteiger partial charge in [-0.15, -0.1) is 0 Å². The fourth-order valence-electron chi connectivity index (χ4n) is 1.88. The van der Waals surface area contributed by atoms with Crippen molar-refractivity contribution in [3.63, 3.8) is 0 Å². The standard InChI is InChI=1S/C13H20/c1-9(2)13(6)8-7-10(3)11(4)12(13)5/h7-8,12H,1H2,2-6H3. The zero-order valence-corrected chi connectivity index (χ0v) is 9.44. The Morgan fingerprint density at radius 1 is 1.46 bits per heavy atom. The Kier molecular flexibility index (Phi) is 2.51. The van der Waals surface area contributed by atoms with Crippen LogP contribution in [0.1, 0.15) is 34.6 Å². The highest BCUT2D eigenvalue weighted by molar-refractivity contribution is 5.36. The predicted molar refractivity (Wildman–Crippen MR) is 59.6 cm³/mol. The van der Waals surface area contributed by atoms with Crippen LogP contribution in [-0.4, -0.2) is 0 Å². The third-order valence-corrected chi connectivity index (χ3v) is 3.77. The molecule has 0 bridgehead atoms. The van der Waals surface area contributed by atoms with Gasteiger partial charge >= 0.3 is 0 Å². The number of rotatable bonds is 1. The highest BCUT2D eigenvalue weighted by atomic mass is 14.4. The van der Waals surface area contributed by atoms with Gasteiger partial charge in [-0.25, -0.2) is 0 Å². The summed E-state index contributed by atoms with van der Waals surface area (Å²) in [5, 5.41) is 0. The first-order valence-corrected chi connectivity index (χ1v) is 4.92. The highest BCUT2D eigenvalue weighted by Crippen LogP contribution is 2.43. The lowest BCUT2D eigenvalue weighted by Crippen LogP contribution is -2.27. The van der Waals surface area contributed by atoms with Gasteiger partial charge in [0.1, 0.15) is 0 Å². The molecule has 1 rings (SSSR count). The quantitative estimate of drug-likeness (QED) is 0.527. The Balaban J connectivity index is 3.12. The summed E-state index contributed by atoms with van der Waals surface area (Å²) in [5.74, 6) is 0.579. The van der Waals surface area contributed by atoms with E-state index in [0.717, 1.165) is 0 Å². The molecule has 0 amide bonds. The minimum absolute atomic E-state index is 0.156. The molecule has 0 saturated carbocycles. The largest absolute Gasteiger partial charge is 0.0993 e. The Hall–Kier alpha value is -0.780. The summed E-state index contributed by atoms with van der Waals surface area (Å²) in [6.45, 7) is 15.2. The van der Waals surface area contributed by atoms with Crippen LogP contribution in [0.25, 0.3) is 0 Å². The molecule has 0 radical (unpaired) electrons. The summed E-state index contributed by atoms with van der Waals surface area (Å²) in [6.07, 6.45) is 4.52. The van der Waals surface area contributed by atoms with Gasteiger partial charge in [0, 0.05) is 5.41 Å². The second-order valence-electron chi connectivity index (χ2n) is 4.48. The molecule has 2 unspecified atom stereocenters. The molecule has 0 spiro atoms. The average molecular weight is 176 g/mol. The lowest BCUT2D eigenvalue weighted by Gasteiger charge is -2.37. The maximum Gasteiger partial charge on any atom is 0.0123 e. The van der Waals surface area contributed by atoms with Crippen LogP contribution in [0.5, 0.6) is 0 Å². The lowest BCUT2D eigenvalue weighted by molar-refractivity contribution is 0.372. The van der Waals surface area contributed by atoms with E-state index in [4.69, 9.17) is 0 Å². The maximum atomic E-state index is 4.09. The maximum absolute atomic E-state index is 4.09. The van der Waals surface area contributed by atoms with E-state index in [1.165, 1.54) is 16.7 Å². The van der Waals surface area contributed by atoms with E-state index >= 15 is 0 Å². The number of hydrogen-bond acceptors (Lipinski definition) is 0. The molecule has 2 atom stereocenters. The van der Waals surface area contributed by atoms with Gasteiger partial charge in [-0.3, -0.25) is 0 Å². The van der Waals surface area contributed by atoms with Crippen molar-refractivity contribution in [1.82, 2.24) is 0 Å². The lowest BCUT2D eigenvalue weighted by atomic mass is 9.67. The summed E-state index contributed by atoms with van der Waals surface area (Å²) in [4.78, 5) is 0. The van der Waals surface area contributed by atoms with Crippen molar-refractivity contribution in [2.75, 3.05) is 0 Å². The third-order valence-electron chi connectivity index (χ3n) is 3.77.